The lowest BCUT2D eigenvalue weighted by Gasteiger charge is -2.23. The predicted molar refractivity (Wildman–Crippen MR) is 133 cm³/mol. The molecule has 1 unspecified atom stereocenters. The van der Waals surface area contributed by atoms with Gasteiger partial charge in [0.05, 0.1) is 15.8 Å². The fourth-order valence-electron chi connectivity index (χ4n) is 3.57. The highest BCUT2D eigenvalue weighted by Crippen LogP contribution is 2.33. The topological polar surface area (TPSA) is 105 Å². The van der Waals surface area contributed by atoms with Gasteiger partial charge in [-0.1, -0.05) is 43.3 Å². The summed E-state index contributed by atoms with van der Waals surface area (Å²) in [5.74, 6) is 1.20. The highest BCUT2D eigenvalue weighted by Gasteiger charge is 2.26. The molecule has 0 amide bonds. The molecule has 0 aliphatic carbocycles. The van der Waals surface area contributed by atoms with Crippen molar-refractivity contribution in [1.29, 1.82) is 0 Å². The summed E-state index contributed by atoms with van der Waals surface area (Å²) in [5.41, 5.74) is 1.58. The number of hydrogen-bond acceptors (Lipinski definition) is 6. The molecular formula is C25H28N2O6S2. The maximum absolute atomic E-state index is 13.7. The predicted octanol–water partition coefficient (Wildman–Crippen LogP) is 4.90. The van der Waals surface area contributed by atoms with Crippen LogP contribution < -0.4 is 9.47 Å². The molecule has 0 fully saturated rings. The van der Waals surface area contributed by atoms with Crippen LogP contribution in [-0.2, 0) is 33.1 Å². The molecular weight excluding hydrogens is 488 g/mol. The highest BCUT2D eigenvalue weighted by molar-refractivity contribution is 7.89. The van der Waals surface area contributed by atoms with Crippen molar-refractivity contribution < 1.29 is 26.7 Å². The van der Waals surface area contributed by atoms with Gasteiger partial charge in [-0.15, -0.1) is 0 Å². The first-order valence-electron chi connectivity index (χ1n) is 11.2. The summed E-state index contributed by atoms with van der Waals surface area (Å²) in [6.45, 7) is 4.02. The number of fused-ring (bicyclic) bond motifs is 1. The molecule has 10 heteroatoms. The Morgan fingerprint density at radius 2 is 1.51 bits per heavy atom. The van der Waals surface area contributed by atoms with E-state index in [0.29, 0.717) is 17.9 Å². The van der Waals surface area contributed by atoms with E-state index in [9.17, 15) is 17.2 Å². The summed E-state index contributed by atoms with van der Waals surface area (Å²) in [5, 5.41) is 0. The molecule has 186 valence electrons. The van der Waals surface area contributed by atoms with E-state index < -0.39 is 20.0 Å². The van der Waals surface area contributed by atoms with Gasteiger partial charge >= 0.3 is 0 Å². The second kappa shape index (κ2) is 10.4. The van der Waals surface area contributed by atoms with Gasteiger partial charge in [-0.25, -0.2) is 17.0 Å². The van der Waals surface area contributed by atoms with Crippen LogP contribution in [0.2, 0.25) is 0 Å². The van der Waals surface area contributed by atoms with Crippen LogP contribution in [0.1, 0.15) is 31.4 Å². The Bertz CT molecular complexity index is 1400. The van der Waals surface area contributed by atoms with E-state index in [1.165, 1.54) is 28.6 Å². The summed E-state index contributed by atoms with van der Waals surface area (Å²) in [6.07, 6.45) is 0.623. The molecule has 1 aliphatic rings. The number of ether oxygens (including phenoxy) is 2. The molecule has 0 bridgehead atoms. The first-order valence-corrected chi connectivity index (χ1v) is 14.1. The second-order valence-corrected chi connectivity index (χ2v) is 11.9. The Balaban J connectivity index is 1.66. The van der Waals surface area contributed by atoms with Gasteiger partial charge in [0.25, 0.3) is 0 Å². The monoisotopic (exact) mass is 516 g/mol. The van der Waals surface area contributed by atoms with Crippen LogP contribution in [0.15, 0.2) is 87.0 Å². The zero-order valence-corrected chi connectivity index (χ0v) is 21.2. The molecule has 3 aromatic carbocycles. The fraction of sp³-hybridized carbons (Fsp3) is 0.280. The third-order valence-electron chi connectivity index (χ3n) is 5.68. The third kappa shape index (κ3) is 5.84. The number of benzene rings is 3. The van der Waals surface area contributed by atoms with Gasteiger partial charge in [-0.3, -0.25) is 4.55 Å². The van der Waals surface area contributed by atoms with Crippen molar-refractivity contribution in [3.8, 4) is 11.5 Å². The van der Waals surface area contributed by atoms with Crippen molar-refractivity contribution in [2.24, 2.45) is 4.36 Å². The van der Waals surface area contributed by atoms with Crippen molar-refractivity contribution in [1.82, 2.24) is 4.31 Å². The molecule has 4 rings (SSSR count). The summed E-state index contributed by atoms with van der Waals surface area (Å²) in [6, 6.07) is 19.8. The van der Waals surface area contributed by atoms with E-state index in [2.05, 4.69) is 4.36 Å². The molecule has 2 atom stereocenters. The maximum atomic E-state index is 13.7. The average Bonchev–Trinajstić information content (AvgIpc) is 3.32. The van der Waals surface area contributed by atoms with Gasteiger partial charge in [-0.05, 0) is 60.9 Å². The van der Waals surface area contributed by atoms with E-state index in [1.807, 2.05) is 37.3 Å². The lowest BCUT2D eigenvalue weighted by Crippen LogP contribution is -2.30. The Morgan fingerprint density at radius 1 is 0.886 bits per heavy atom. The van der Waals surface area contributed by atoms with Crippen LogP contribution in [0, 0.1) is 0 Å². The first-order chi connectivity index (χ1) is 16.7. The molecule has 1 N–H and O–H groups in total. The van der Waals surface area contributed by atoms with Gasteiger partial charge in [-0.2, -0.15) is 4.31 Å². The van der Waals surface area contributed by atoms with Crippen molar-refractivity contribution in [3.63, 3.8) is 0 Å². The Kier molecular flexibility index (Phi) is 7.46. The highest BCUT2D eigenvalue weighted by atomic mass is 32.2. The minimum atomic E-state index is -3.95. The van der Waals surface area contributed by atoms with Crippen molar-refractivity contribution in [2.75, 3.05) is 6.79 Å². The lowest BCUT2D eigenvalue weighted by molar-refractivity contribution is 0.174. The van der Waals surface area contributed by atoms with Crippen molar-refractivity contribution in [2.45, 2.75) is 49.2 Å². The van der Waals surface area contributed by atoms with E-state index in [-0.39, 0.29) is 35.7 Å². The van der Waals surface area contributed by atoms with Crippen molar-refractivity contribution in [3.05, 3.63) is 83.9 Å². The standard InChI is InChI=1S/C25H28N2O6S2/c1-3-19(2)26-34(28,29)22-10-12-23(13-11-22)35(30,31)27(16-20-7-5-4-6-8-20)17-21-9-14-24-25(15-21)33-18-32-24/h4-15,19H,3,16-18H2,1-2H3,(H,26,28,29)/t19-/m0/s1. The number of rotatable bonds is 9. The maximum Gasteiger partial charge on any atom is 0.243 e. The van der Waals surface area contributed by atoms with Crippen LogP contribution in [0.5, 0.6) is 11.5 Å². The largest absolute Gasteiger partial charge is 0.454 e. The van der Waals surface area contributed by atoms with Crippen molar-refractivity contribution >= 4 is 20.0 Å². The van der Waals surface area contributed by atoms with E-state index >= 15 is 0 Å². The van der Waals surface area contributed by atoms with Gasteiger partial charge in [0.2, 0.25) is 16.8 Å². The molecule has 0 spiro atoms. The van der Waals surface area contributed by atoms with Gasteiger partial charge in [0, 0.05) is 13.1 Å². The average molecular weight is 517 g/mol. The van der Waals surface area contributed by atoms with Gasteiger partial charge in [0.1, 0.15) is 0 Å². The van der Waals surface area contributed by atoms with E-state index in [0.717, 1.165) is 11.1 Å². The van der Waals surface area contributed by atoms with Crippen LogP contribution in [0.4, 0.5) is 0 Å². The quantitative estimate of drug-likeness (QED) is 0.433. The van der Waals surface area contributed by atoms with Crippen LogP contribution in [0.3, 0.4) is 0 Å². The van der Waals surface area contributed by atoms with Crippen LogP contribution in [-0.4, -0.2) is 34.3 Å². The molecule has 0 radical (unpaired) electrons. The van der Waals surface area contributed by atoms with Gasteiger partial charge in [0.15, 0.2) is 21.5 Å². The van der Waals surface area contributed by atoms with E-state index in [4.69, 9.17) is 9.47 Å². The Labute approximate surface area is 206 Å². The third-order valence-corrected chi connectivity index (χ3v) is 9.02. The Hall–Kier alpha value is -2.92. The molecule has 1 heterocycles. The molecule has 1 aliphatic heterocycles. The summed E-state index contributed by atoms with van der Waals surface area (Å²) < 4.78 is 66.4. The zero-order chi connectivity index (χ0) is 25.1. The summed E-state index contributed by atoms with van der Waals surface area (Å²) in [7, 11) is -7.56. The minimum Gasteiger partial charge on any atom is -0.454 e. The number of hydrogen-bond donors (Lipinski definition) is 1. The van der Waals surface area contributed by atoms with Gasteiger partial charge < -0.3 is 9.47 Å². The summed E-state index contributed by atoms with van der Waals surface area (Å²) >= 11 is 0. The SMILES string of the molecule is CC[C@H](C)N=S(=O)(O)c1ccc(S(=O)(=O)N(Cc2ccccc2)Cc2ccc3c(c2)OCO3)cc1. The second-order valence-electron chi connectivity index (χ2n) is 8.28. The molecule has 3 aromatic rings. The molecule has 0 aromatic heterocycles. The summed E-state index contributed by atoms with van der Waals surface area (Å²) in [4.78, 5) is 0.0961. The molecule has 35 heavy (non-hydrogen) atoms. The first kappa shape index (κ1) is 25.2. The van der Waals surface area contributed by atoms with Crippen LogP contribution >= 0.6 is 0 Å². The zero-order valence-electron chi connectivity index (χ0n) is 19.5. The molecule has 0 saturated heterocycles. The smallest absolute Gasteiger partial charge is 0.243 e. The normalized spacial score (nSPS) is 15.5. The number of sulfonamides is 1. The number of nitrogens with zero attached hydrogens (tertiary/aromatic N) is 2. The van der Waals surface area contributed by atoms with Crippen LogP contribution in [0.25, 0.3) is 0 Å². The molecule has 0 saturated carbocycles. The molecule has 8 nitrogen and oxygen atoms in total. The fourth-order valence-corrected chi connectivity index (χ4v) is 6.24. The van der Waals surface area contributed by atoms with E-state index in [1.54, 1.807) is 25.1 Å². The lowest BCUT2D eigenvalue weighted by atomic mass is 10.2. The minimum absolute atomic E-state index is 0.0247. The Morgan fingerprint density at radius 3 is 2.20 bits per heavy atom.